The topological polar surface area (TPSA) is 131 Å². The minimum atomic E-state index is -4.27. The number of halogens is 2. The second kappa shape index (κ2) is 11.3. The van der Waals surface area contributed by atoms with E-state index in [0.29, 0.717) is 10.6 Å². The molecule has 0 aliphatic carbocycles. The summed E-state index contributed by atoms with van der Waals surface area (Å²) in [5.74, 6) is -1.86. The molecule has 0 heterocycles. The largest absolute Gasteiger partial charge is 0.394 e. The minimum Gasteiger partial charge on any atom is -0.394 e. The predicted octanol–water partition coefficient (Wildman–Crippen LogP) is 2.83. The second-order valence-electron chi connectivity index (χ2n) is 7.48. The van der Waals surface area contributed by atoms with E-state index in [1.54, 1.807) is 24.3 Å². The van der Waals surface area contributed by atoms with Crippen LogP contribution in [0, 0.1) is 17.1 Å². The maximum absolute atomic E-state index is 14.5. The fraction of sp³-hybridized carbons (Fsp3) is 0.167. The second-order valence-corrected chi connectivity index (χ2v) is 9.78. The normalized spacial score (nSPS) is 11.2. The van der Waals surface area contributed by atoms with Crippen LogP contribution >= 0.6 is 11.6 Å². The van der Waals surface area contributed by atoms with Crippen molar-refractivity contribution in [3.05, 3.63) is 94.3 Å². The van der Waals surface area contributed by atoms with Crippen LogP contribution < -0.4 is 9.62 Å². The predicted molar refractivity (Wildman–Crippen MR) is 128 cm³/mol. The summed E-state index contributed by atoms with van der Waals surface area (Å²) in [5.41, 5.74) is 0.205. The van der Waals surface area contributed by atoms with Gasteiger partial charge in [-0.3, -0.25) is 9.10 Å². The van der Waals surface area contributed by atoms with Gasteiger partial charge >= 0.3 is 0 Å². The average Bonchev–Trinajstić information content (AvgIpc) is 2.87. The molecule has 0 radical (unpaired) electrons. The highest BCUT2D eigenvalue weighted by Gasteiger charge is 2.27. The molecule has 0 aromatic heterocycles. The van der Waals surface area contributed by atoms with Gasteiger partial charge in [-0.2, -0.15) is 5.26 Å². The van der Waals surface area contributed by atoms with Gasteiger partial charge in [-0.25, -0.2) is 12.8 Å². The Morgan fingerprint density at radius 3 is 2.40 bits per heavy atom. The van der Waals surface area contributed by atoms with Crippen molar-refractivity contribution >= 4 is 33.2 Å². The Morgan fingerprint density at radius 1 is 1.09 bits per heavy atom. The fourth-order valence-corrected chi connectivity index (χ4v) is 4.80. The molecule has 182 valence electrons. The molecule has 3 N–H and O–H groups in total. The third-order valence-corrected chi connectivity index (χ3v) is 7.07. The highest BCUT2D eigenvalue weighted by Crippen LogP contribution is 2.28. The van der Waals surface area contributed by atoms with Crippen LogP contribution in [-0.4, -0.2) is 43.8 Å². The number of nitrogens with zero attached hydrogens (tertiary/aromatic N) is 2. The number of benzene rings is 3. The smallest absolute Gasteiger partial charge is 0.264 e. The van der Waals surface area contributed by atoms with Gasteiger partial charge < -0.3 is 15.5 Å². The molecular formula is C24H21ClFN3O5S. The van der Waals surface area contributed by atoms with E-state index < -0.39 is 46.6 Å². The van der Waals surface area contributed by atoms with E-state index in [4.69, 9.17) is 11.6 Å². The summed E-state index contributed by atoms with van der Waals surface area (Å²) in [6.45, 7) is -1.33. The number of amides is 1. The van der Waals surface area contributed by atoms with Crippen LogP contribution in [0.2, 0.25) is 5.02 Å². The van der Waals surface area contributed by atoms with Gasteiger partial charge in [0.2, 0.25) is 0 Å². The highest BCUT2D eigenvalue weighted by molar-refractivity contribution is 7.92. The quantitative estimate of drug-likeness (QED) is 0.400. The van der Waals surface area contributed by atoms with E-state index in [-0.39, 0.29) is 22.7 Å². The van der Waals surface area contributed by atoms with E-state index in [2.05, 4.69) is 5.32 Å². The first-order chi connectivity index (χ1) is 16.7. The van der Waals surface area contributed by atoms with Crippen LogP contribution in [-0.2, 0) is 16.6 Å². The third-order valence-electron chi connectivity index (χ3n) is 5.05. The van der Waals surface area contributed by atoms with Gasteiger partial charge in [-0.1, -0.05) is 29.8 Å². The van der Waals surface area contributed by atoms with Crippen molar-refractivity contribution in [3.8, 4) is 6.07 Å². The van der Waals surface area contributed by atoms with E-state index >= 15 is 0 Å². The molecule has 0 unspecified atom stereocenters. The monoisotopic (exact) mass is 517 g/mol. The lowest BCUT2D eigenvalue weighted by Crippen LogP contribution is -2.40. The number of nitriles is 1. The molecule has 0 fully saturated rings. The highest BCUT2D eigenvalue weighted by atomic mass is 35.5. The van der Waals surface area contributed by atoms with Crippen LogP contribution in [0.25, 0.3) is 0 Å². The van der Waals surface area contributed by atoms with Crippen molar-refractivity contribution in [2.75, 3.05) is 17.5 Å². The SMILES string of the molecule is N#Cc1cccc(S(=O)(=O)N(Cc2ccc(Cl)cc2)c2ccc(F)c(C(=O)NC(CO)CO)c2)c1. The number of hydrogen-bond donors (Lipinski definition) is 3. The summed E-state index contributed by atoms with van der Waals surface area (Å²) in [4.78, 5) is 12.4. The van der Waals surface area contributed by atoms with Gasteiger partial charge in [-0.05, 0) is 54.1 Å². The van der Waals surface area contributed by atoms with Gasteiger partial charge in [0.15, 0.2) is 0 Å². The van der Waals surface area contributed by atoms with Crippen molar-refractivity contribution in [1.82, 2.24) is 5.32 Å². The van der Waals surface area contributed by atoms with E-state index in [1.807, 2.05) is 6.07 Å². The molecule has 0 bridgehead atoms. The zero-order valence-electron chi connectivity index (χ0n) is 18.2. The van der Waals surface area contributed by atoms with Crippen molar-refractivity contribution in [2.45, 2.75) is 17.5 Å². The molecule has 0 atom stereocenters. The molecule has 8 nitrogen and oxygen atoms in total. The Kier molecular flexibility index (Phi) is 8.43. The van der Waals surface area contributed by atoms with Gasteiger partial charge in [0.05, 0.1) is 53.6 Å². The standard InChI is InChI=1S/C24H21ClFN3O5S/c25-18-6-4-16(5-7-18)13-29(35(33,34)21-3-1-2-17(10-21)12-27)20-8-9-23(26)22(11-20)24(32)28-19(14-30)15-31/h1-11,19,30-31H,13-15H2,(H,28,32). The Morgan fingerprint density at radius 2 is 1.77 bits per heavy atom. The number of aliphatic hydroxyl groups is 2. The molecule has 0 aliphatic rings. The molecule has 0 saturated heterocycles. The molecule has 35 heavy (non-hydrogen) atoms. The van der Waals surface area contributed by atoms with Crippen molar-refractivity contribution in [1.29, 1.82) is 5.26 Å². The molecule has 0 spiro atoms. The number of carbonyl (C=O) groups is 1. The summed E-state index contributed by atoms with van der Waals surface area (Å²) in [5, 5.41) is 30.3. The van der Waals surface area contributed by atoms with Crippen LogP contribution in [0.5, 0.6) is 0 Å². The number of hydrogen-bond acceptors (Lipinski definition) is 6. The summed E-state index contributed by atoms with van der Waals surface area (Å²) in [6.07, 6.45) is 0. The number of carbonyl (C=O) groups excluding carboxylic acids is 1. The van der Waals surface area contributed by atoms with E-state index in [1.165, 1.54) is 30.3 Å². The Labute approximate surface area is 206 Å². The van der Waals surface area contributed by atoms with Crippen LogP contribution in [0.1, 0.15) is 21.5 Å². The first-order valence-corrected chi connectivity index (χ1v) is 12.1. The molecule has 3 rings (SSSR count). The van der Waals surface area contributed by atoms with Gasteiger partial charge in [0.1, 0.15) is 5.82 Å². The lowest BCUT2D eigenvalue weighted by molar-refractivity contribution is 0.0875. The van der Waals surface area contributed by atoms with Crippen LogP contribution in [0.4, 0.5) is 10.1 Å². The number of rotatable bonds is 9. The molecular weight excluding hydrogens is 497 g/mol. The lowest BCUT2D eigenvalue weighted by Gasteiger charge is -2.25. The lowest BCUT2D eigenvalue weighted by atomic mass is 10.1. The van der Waals surface area contributed by atoms with Gasteiger partial charge in [-0.15, -0.1) is 0 Å². The molecule has 1 amide bonds. The molecule has 3 aromatic rings. The molecule has 0 saturated carbocycles. The van der Waals surface area contributed by atoms with Gasteiger partial charge in [0, 0.05) is 5.02 Å². The zero-order valence-corrected chi connectivity index (χ0v) is 19.8. The van der Waals surface area contributed by atoms with E-state index in [9.17, 15) is 33.1 Å². The molecule has 11 heteroatoms. The Hall–Kier alpha value is -3.49. The summed E-state index contributed by atoms with van der Waals surface area (Å²) >= 11 is 5.94. The zero-order chi connectivity index (χ0) is 25.6. The van der Waals surface area contributed by atoms with E-state index in [0.717, 1.165) is 16.4 Å². The molecule has 3 aromatic carbocycles. The Bertz CT molecular complexity index is 1360. The van der Waals surface area contributed by atoms with Crippen molar-refractivity contribution < 1.29 is 27.8 Å². The number of aliphatic hydroxyl groups excluding tert-OH is 2. The van der Waals surface area contributed by atoms with Crippen LogP contribution in [0.3, 0.4) is 0 Å². The van der Waals surface area contributed by atoms with Crippen LogP contribution in [0.15, 0.2) is 71.6 Å². The fourth-order valence-electron chi connectivity index (χ4n) is 3.18. The average molecular weight is 518 g/mol. The van der Waals surface area contributed by atoms with Crippen molar-refractivity contribution in [3.63, 3.8) is 0 Å². The maximum Gasteiger partial charge on any atom is 0.264 e. The maximum atomic E-state index is 14.5. The molecule has 0 aliphatic heterocycles. The Balaban J connectivity index is 2.11. The summed E-state index contributed by atoms with van der Waals surface area (Å²) in [7, 11) is -4.27. The van der Waals surface area contributed by atoms with Gasteiger partial charge in [0.25, 0.3) is 15.9 Å². The first-order valence-electron chi connectivity index (χ1n) is 10.3. The number of anilines is 1. The number of sulfonamides is 1. The summed E-state index contributed by atoms with van der Waals surface area (Å²) in [6, 6.07) is 16.0. The van der Waals surface area contributed by atoms with Crippen molar-refractivity contribution in [2.24, 2.45) is 0 Å². The minimum absolute atomic E-state index is 0.0154. The summed E-state index contributed by atoms with van der Waals surface area (Å²) < 4.78 is 42.8. The number of nitrogens with one attached hydrogen (secondary N) is 1. The third kappa shape index (κ3) is 6.15. The first kappa shape index (κ1) is 26.1.